The first kappa shape index (κ1) is 22.5. The lowest BCUT2D eigenvalue weighted by atomic mass is 9.91. The normalized spacial score (nSPS) is 16.2. The second-order valence-corrected chi connectivity index (χ2v) is 8.73. The van der Waals surface area contributed by atoms with Crippen LogP contribution < -0.4 is 10.6 Å². The maximum Gasteiger partial charge on any atom is 0.338 e. The van der Waals surface area contributed by atoms with Crippen molar-refractivity contribution in [3.63, 3.8) is 0 Å². The van der Waals surface area contributed by atoms with E-state index in [-0.39, 0.29) is 12.6 Å². The van der Waals surface area contributed by atoms with Crippen LogP contribution in [-0.4, -0.2) is 24.4 Å². The number of hydrogen-bond acceptors (Lipinski definition) is 4. The molecule has 158 valence electrons. The molecule has 2 aromatic carbocycles. The SMILES string of the molecule is CCOC(=O)C1=C(CSc2cc(Cl)ccc2Cl)NC(=O)N[C@H]1c1cc(C)ccc1C. The number of esters is 1. The topological polar surface area (TPSA) is 67.4 Å². The van der Waals surface area contributed by atoms with Crippen molar-refractivity contribution in [3.05, 3.63) is 74.4 Å². The number of amides is 2. The average Bonchev–Trinajstić information content (AvgIpc) is 2.70. The number of carbonyl (C=O) groups is 2. The van der Waals surface area contributed by atoms with Gasteiger partial charge in [-0.15, -0.1) is 11.8 Å². The zero-order valence-electron chi connectivity index (χ0n) is 16.8. The number of rotatable bonds is 6. The summed E-state index contributed by atoms with van der Waals surface area (Å²) in [5.41, 5.74) is 3.74. The summed E-state index contributed by atoms with van der Waals surface area (Å²) in [6, 6.07) is 10.1. The summed E-state index contributed by atoms with van der Waals surface area (Å²) < 4.78 is 5.32. The summed E-state index contributed by atoms with van der Waals surface area (Å²) in [4.78, 5) is 26.1. The molecule has 0 saturated carbocycles. The largest absolute Gasteiger partial charge is 0.463 e. The highest BCUT2D eigenvalue weighted by atomic mass is 35.5. The molecule has 0 aromatic heterocycles. The van der Waals surface area contributed by atoms with E-state index >= 15 is 0 Å². The number of halogens is 2. The molecular weight excluding hydrogens is 443 g/mol. The molecular formula is C22H22Cl2N2O3S. The third kappa shape index (κ3) is 5.12. The predicted octanol–water partition coefficient (Wildman–Crippen LogP) is 5.57. The number of urea groups is 1. The van der Waals surface area contributed by atoms with Crippen molar-refractivity contribution in [2.75, 3.05) is 12.4 Å². The summed E-state index contributed by atoms with van der Waals surface area (Å²) in [7, 11) is 0. The number of aryl methyl sites for hydroxylation is 2. The smallest absolute Gasteiger partial charge is 0.338 e. The lowest BCUT2D eigenvalue weighted by Crippen LogP contribution is -2.46. The van der Waals surface area contributed by atoms with Gasteiger partial charge in [-0.25, -0.2) is 9.59 Å². The molecule has 2 aromatic rings. The summed E-state index contributed by atoms with van der Waals surface area (Å²) in [6.07, 6.45) is 0. The minimum Gasteiger partial charge on any atom is -0.463 e. The zero-order valence-corrected chi connectivity index (χ0v) is 19.2. The molecule has 1 heterocycles. The molecule has 1 aliphatic heterocycles. The summed E-state index contributed by atoms with van der Waals surface area (Å²) in [5, 5.41) is 6.76. The number of nitrogens with one attached hydrogen (secondary N) is 2. The number of ether oxygens (including phenoxy) is 1. The summed E-state index contributed by atoms with van der Waals surface area (Å²) in [5.74, 6) is -0.146. The Labute approximate surface area is 190 Å². The first-order valence-corrected chi connectivity index (χ1v) is 11.2. The van der Waals surface area contributed by atoms with Crippen LogP contribution in [0.3, 0.4) is 0 Å². The van der Waals surface area contributed by atoms with Gasteiger partial charge in [0.15, 0.2) is 0 Å². The van der Waals surface area contributed by atoms with Gasteiger partial charge in [-0.1, -0.05) is 47.0 Å². The van der Waals surface area contributed by atoms with E-state index in [2.05, 4.69) is 10.6 Å². The van der Waals surface area contributed by atoms with Crippen LogP contribution in [0.2, 0.25) is 10.0 Å². The lowest BCUT2D eigenvalue weighted by Gasteiger charge is -2.30. The molecule has 30 heavy (non-hydrogen) atoms. The van der Waals surface area contributed by atoms with Crippen LogP contribution in [0.4, 0.5) is 4.79 Å². The van der Waals surface area contributed by atoms with Crippen molar-refractivity contribution < 1.29 is 14.3 Å². The zero-order chi connectivity index (χ0) is 21.8. The molecule has 1 aliphatic rings. The van der Waals surface area contributed by atoms with Crippen LogP contribution in [0.5, 0.6) is 0 Å². The molecule has 1 atom stereocenters. The number of benzene rings is 2. The third-order valence-electron chi connectivity index (χ3n) is 4.66. The van der Waals surface area contributed by atoms with Gasteiger partial charge in [0.25, 0.3) is 0 Å². The minimum atomic E-state index is -0.608. The average molecular weight is 465 g/mol. The van der Waals surface area contributed by atoms with Gasteiger partial charge < -0.3 is 15.4 Å². The van der Waals surface area contributed by atoms with Gasteiger partial charge in [0, 0.05) is 21.4 Å². The van der Waals surface area contributed by atoms with Gasteiger partial charge in [0.1, 0.15) is 0 Å². The minimum absolute atomic E-state index is 0.232. The van der Waals surface area contributed by atoms with Crippen LogP contribution in [0.1, 0.15) is 29.7 Å². The Morgan fingerprint density at radius 3 is 2.67 bits per heavy atom. The fourth-order valence-electron chi connectivity index (χ4n) is 3.22. The van der Waals surface area contributed by atoms with E-state index < -0.39 is 12.0 Å². The first-order valence-electron chi connectivity index (χ1n) is 9.42. The number of carbonyl (C=O) groups excluding carboxylic acids is 2. The Hall–Kier alpha value is -2.15. The fraction of sp³-hybridized carbons (Fsp3) is 0.273. The molecule has 0 unspecified atom stereocenters. The van der Waals surface area contributed by atoms with E-state index in [4.69, 9.17) is 27.9 Å². The van der Waals surface area contributed by atoms with Crippen LogP contribution in [0, 0.1) is 13.8 Å². The maximum atomic E-state index is 12.9. The van der Waals surface area contributed by atoms with Gasteiger partial charge in [0.2, 0.25) is 0 Å². The van der Waals surface area contributed by atoms with Crippen molar-refractivity contribution in [2.45, 2.75) is 31.7 Å². The highest BCUT2D eigenvalue weighted by Crippen LogP contribution is 2.35. The van der Waals surface area contributed by atoms with Gasteiger partial charge >= 0.3 is 12.0 Å². The lowest BCUT2D eigenvalue weighted by molar-refractivity contribution is -0.139. The molecule has 5 nitrogen and oxygen atoms in total. The highest BCUT2D eigenvalue weighted by molar-refractivity contribution is 7.99. The van der Waals surface area contributed by atoms with Crippen molar-refractivity contribution in [1.82, 2.24) is 10.6 Å². The van der Waals surface area contributed by atoms with Crippen molar-refractivity contribution in [3.8, 4) is 0 Å². The molecule has 3 rings (SSSR count). The first-order chi connectivity index (χ1) is 14.3. The third-order valence-corrected chi connectivity index (χ3v) is 6.42. The van der Waals surface area contributed by atoms with E-state index in [0.29, 0.717) is 27.1 Å². The van der Waals surface area contributed by atoms with Crippen molar-refractivity contribution >= 4 is 47.0 Å². The Morgan fingerprint density at radius 2 is 1.93 bits per heavy atom. The van der Waals surface area contributed by atoms with Crippen LogP contribution >= 0.6 is 35.0 Å². The fourth-order valence-corrected chi connectivity index (χ4v) is 4.69. The van der Waals surface area contributed by atoms with Gasteiger partial charge in [-0.3, -0.25) is 0 Å². The van der Waals surface area contributed by atoms with E-state index in [9.17, 15) is 9.59 Å². The standard InChI is InChI=1S/C22H22Cl2N2O3S/c1-4-29-21(27)19-17(11-30-18-10-14(23)7-8-16(18)24)25-22(28)26-20(19)15-9-12(2)5-6-13(15)3/h5-10,20H,4,11H2,1-3H3,(H2,25,26,28)/t20-/m0/s1. The number of hydrogen-bond donors (Lipinski definition) is 2. The maximum absolute atomic E-state index is 12.9. The van der Waals surface area contributed by atoms with Crippen molar-refractivity contribution in [1.29, 1.82) is 0 Å². The van der Waals surface area contributed by atoms with Crippen molar-refractivity contribution in [2.24, 2.45) is 0 Å². The van der Waals surface area contributed by atoms with E-state index in [0.717, 1.165) is 21.6 Å². The van der Waals surface area contributed by atoms with Gasteiger partial charge in [0.05, 0.1) is 23.2 Å². The van der Waals surface area contributed by atoms with Crippen LogP contribution in [0.25, 0.3) is 0 Å². The Bertz CT molecular complexity index is 1020. The molecule has 0 saturated heterocycles. The highest BCUT2D eigenvalue weighted by Gasteiger charge is 2.34. The Balaban J connectivity index is 2.04. The molecule has 0 spiro atoms. The second kappa shape index (κ2) is 9.77. The van der Waals surface area contributed by atoms with E-state index in [1.54, 1.807) is 25.1 Å². The summed E-state index contributed by atoms with van der Waals surface area (Å²) >= 11 is 13.7. The predicted molar refractivity (Wildman–Crippen MR) is 121 cm³/mol. The van der Waals surface area contributed by atoms with Gasteiger partial charge in [-0.2, -0.15) is 0 Å². The molecule has 0 bridgehead atoms. The second-order valence-electron chi connectivity index (χ2n) is 6.87. The molecule has 2 N–H and O–H groups in total. The van der Waals surface area contributed by atoms with Crippen LogP contribution in [-0.2, 0) is 9.53 Å². The quantitative estimate of drug-likeness (QED) is 0.432. The molecule has 8 heteroatoms. The summed E-state index contributed by atoms with van der Waals surface area (Å²) in [6.45, 7) is 5.90. The Kier molecular flexibility index (Phi) is 7.34. The molecule has 0 aliphatic carbocycles. The molecule has 2 amide bonds. The van der Waals surface area contributed by atoms with E-state index in [1.807, 2.05) is 32.0 Å². The molecule has 0 fully saturated rings. The Morgan fingerprint density at radius 1 is 1.17 bits per heavy atom. The monoisotopic (exact) mass is 464 g/mol. The van der Waals surface area contributed by atoms with Crippen LogP contribution in [0.15, 0.2) is 52.6 Å². The number of thioether (sulfide) groups is 1. The van der Waals surface area contributed by atoms with E-state index in [1.165, 1.54) is 11.8 Å². The molecule has 0 radical (unpaired) electrons. The van der Waals surface area contributed by atoms with Gasteiger partial charge in [-0.05, 0) is 50.1 Å².